The second-order valence-electron chi connectivity index (χ2n) is 6.24. The van der Waals surface area contributed by atoms with E-state index in [0.717, 1.165) is 5.01 Å². The van der Waals surface area contributed by atoms with Crippen LogP contribution in [0.15, 0.2) is 47.1 Å². The summed E-state index contributed by atoms with van der Waals surface area (Å²) in [7, 11) is 2.76. The van der Waals surface area contributed by atoms with E-state index in [1.165, 1.54) is 50.6 Å². The Balaban J connectivity index is 2.06. The molecule has 1 aliphatic heterocycles. The van der Waals surface area contributed by atoms with Crippen LogP contribution in [0.2, 0.25) is 0 Å². The Labute approximate surface area is 170 Å². The third-order valence-corrected chi connectivity index (χ3v) is 4.43. The first-order valence-corrected chi connectivity index (χ1v) is 8.62. The van der Waals surface area contributed by atoms with Gasteiger partial charge in [-0.25, -0.2) is 4.79 Å². The molecule has 0 spiro atoms. The Kier molecular flexibility index (Phi) is 5.50. The van der Waals surface area contributed by atoms with Crippen molar-refractivity contribution in [2.45, 2.75) is 6.92 Å². The summed E-state index contributed by atoms with van der Waals surface area (Å²) in [4.78, 5) is 35.1. The molecule has 10 heteroatoms. The molecule has 1 amide bonds. The van der Waals surface area contributed by atoms with E-state index >= 15 is 0 Å². The third-order valence-electron chi connectivity index (χ3n) is 4.43. The molecule has 1 aliphatic rings. The van der Waals surface area contributed by atoms with Crippen LogP contribution in [-0.4, -0.2) is 41.8 Å². The number of nitrogens with zero attached hydrogens (tertiary/aromatic N) is 3. The van der Waals surface area contributed by atoms with Gasteiger partial charge < -0.3 is 14.6 Å². The minimum Gasteiger partial charge on any atom is -0.493 e. The van der Waals surface area contributed by atoms with Crippen LogP contribution in [0.25, 0.3) is 6.08 Å². The van der Waals surface area contributed by atoms with Gasteiger partial charge in [0.05, 0.1) is 53.3 Å². The molecular weight excluding hydrogens is 394 g/mol. The molecule has 0 atom stereocenters. The van der Waals surface area contributed by atoms with Gasteiger partial charge in [-0.1, -0.05) is 6.07 Å². The minimum absolute atomic E-state index is 0.00103. The molecule has 1 heterocycles. The first kappa shape index (κ1) is 20.5. The molecule has 30 heavy (non-hydrogen) atoms. The van der Waals surface area contributed by atoms with E-state index in [2.05, 4.69) is 5.10 Å². The van der Waals surface area contributed by atoms with Crippen LogP contribution < -0.4 is 14.5 Å². The average Bonchev–Trinajstić information content (AvgIpc) is 3.01. The van der Waals surface area contributed by atoms with E-state index < -0.39 is 16.8 Å². The molecule has 0 radical (unpaired) electrons. The number of nitro groups is 1. The molecule has 0 unspecified atom stereocenters. The predicted molar refractivity (Wildman–Crippen MR) is 108 cm³/mol. The van der Waals surface area contributed by atoms with Crippen molar-refractivity contribution in [2.75, 3.05) is 19.2 Å². The highest BCUT2D eigenvalue weighted by Gasteiger charge is 2.30. The van der Waals surface area contributed by atoms with Gasteiger partial charge in [0.15, 0.2) is 11.5 Å². The highest BCUT2D eigenvalue weighted by Crippen LogP contribution is 2.36. The van der Waals surface area contributed by atoms with Gasteiger partial charge in [0, 0.05) is 0 Å². The number of anilines is 1. The van der Waals surface area contributed by atoms with Crippen LogP contribution in [0.1, 0.15) is 22.8 Å². The number of benzene rings is 2. The summed E-state index contributed by atoms with van der Waals surface area (Å²) in [5.74, 6) is -1.23. The highest BCUT2D eigenvalue weighted by molar-refractivity contribution is 6.32. The molecule has 0 aromatic heterocycles. The number of nitro benzene ring substituents is 1. The first-order valence-electron chi connectivity index (χ1n) is 8.62. The number of hydrogen-bond acceptors (Lipinski definition) is 7. The van der Waals surface area contributed by atoms with Crippen LogP contribution in [-0.2, 0) is 4.79 Å². The molecular formula is C20H17N3O7. The topological polar surface area (TPSA) is 132 Å². The maximum absolute atomic E-state index is 12.9. The number of carboxylic acids is 1. The Morgan fingerprint density at radius 2 is 1.87 bits per heavy atom. The fourth-order valence-corrected chi connectivity index (χ4v) is 2.94. The highest BCUT2D eigenvalue weighted by atomic mass is 16.6. The number of carbonyl (C=O) groups excluding carboxylic acids is 1. The normalized spacial score (nSPS) is 14.6. The van der Waals surface area contributed by atoms with Gasteiger partial charge in [0.2, 0.25) is 0 Å². The largest absolute Gasteiger partial charge is 0.493 e. The van der Waals surface area contributed by atoms with Crippen molar-refractivity contribution in [2.24, 2.45) is 5.10 Å². The molecule has 154 valence electrons. The summed E-state index contributed by atoms with van der Waals surface area (Å²) < 4.78 is 10.3. The summed E-state index contributed by atoms with van der Waals surface area (Å²) in [5, 5.41) is 25.9. The summed E-state index contributed by atoms with van der Waals surface area (Å²) in [5.41, 5.74) is 0.588. The van der Waals surface area contributed by atoms with Gasteiger partial charge in [-0.2, -0.15) is 10.1 Å². The number of amides is 1. The van der Waals surface area contributed by atoms with Crippen molar-refractivity contribution in [3.63, 3.8) is 0 Å². The Hall–Kier alpha value is -4.21. The second-order valence-corrected chi connectivity index (χ2v) is 6.24. The molecule has 0 fully saturated rings. The lowest BCUT2D eigenvalue weighted by molar-refractivity contribution is -0.385. The van der Waals surface area contributed by atoms with Crippen LogP contribution >= 0.6 is 0 Å². The van der Waals surface area contributed by atoms with Crippen molar-refractivity contribution < 1.29 is 29.1 Å². The van der Waals surface area contributed by atoms with E-state index in [0.29, 0.717) is 5.71 Å². The quantitative estimate of drug-likeness (QED) is 0.439. The maximum Gasteiger partial charge on any atom is 0.335 e. The lowest BCUT2D eigenvalue weighted by atomic mass is 10.0. The number of carboxylic acid groups (broad SMARTS) is 1. The fourth-order valence-electron chi connectivity index (χ4n) is 2.94. The van der Waals surface area contributed by atoms with Gasteiger partial charge in [-0.05, 0) is 37.3 Å². The average molecular weight is 411 g/mol. The summed E-state index contributed by atoms with van der Waals surface area (Å²) in [6, 6.07) is 8.37. The van der Waals surface area contributed by atoms with Crippen molar-refractivity contribution in [1.82, 2.24) is 0 Å². The number of carbonyl (C=O) groups is 2. The van der Waals surface area contributed by atoms with E-state index in [-0.39, 0.29) is 39.6 Å². The number of aromatic carboxylic acids is 1. The molecule has 2 aromatic carbocycles. The molecule has 1 N–H and O–H groups in total. The lowest BCUT2D eigenvalue weighted by Crippen LogP contribution is -2.21. The molecule has 0 saturated carbocycles. The predicted octanol–water partition coefficient (Wildman–Crippen LogP) is 3.12. The zero-order chi connectivity index (χ0) is 22.0. The number of hydrogen-bond donors (Lipinski definition) is 1. The molecule has 0 bridgehead atoms. The molecule has 3 rings (SSSR count). The lowest BCUT2D eigenvalue weighted by Gasteiger charge is -2.12. The van der Waals surface area contributed by atoms with Crippen LogP contribution in [0.4, 0.5) is 11.4 Å². The number of hydrazone groups is 1. The van der Waals surface area contributed by atoms with Crippen LogP contribution in [0, 0.1) is 10.1 Å². The fraction of sp³-hybridized carbons (Fsp3) is 0.150. The van der Waals surface area contributed by atoms with Gasteiger partial charge >= 0.3 is 5.97 Å². The molecule has 0 aliphatic carbocycles. The summed E-state index contributed by atoms with van der Waals surface area (Å²) in [6.07, 6.45) is 1.35. The van der Waals surface area contributed by atoms with E-state index in [1.54, 1.807) is 13.0 Å². The zero-order valence-corrected chi connectivity index (χ0v) is 16.3. The van der Waals surface area contributed by atoms with Crippen LogP contribution in [0.3, 0.4) is 0 Å². The standard InChI is InChI=1S/C20H17N3O7/c1-11-15(8-13-9-17(29-2)18(30-3)10-16(13)23(27)28)19(24)22(21-11)14-6-4-5-12(7-14)20(25)26/h4-10H,1-3H3,(H,25,26)/b15-8-. The Morgan fingerprint density at radius 3 is 2.47 bits per heavy atom. The van der Waals surface area contributed by atoms with E-state index in [1.807, 2.05) is 0 Å². The van der Waals surface area contributed by atoms with E-state index in [9.17, 15) is 19.7 Å². The van der Waals surface area contributed by atoms with E-state index in [4.69, 9.17) is 14.6 Å². The Morgan fingerprint density at radius 1 is 1.20 bits per heavy atom. The van der Waals surface area contributed by atoms with Crippen LogP contribution in [0.5, 0.6) is 11.5 Å². The number of methoxy groups -OCH3 is 2. The molecule has 2 aromatic rings. The second kappa shape index (κ2) is 8.03. The van der Waals surface area contributed by atoms with Gasteiger partial charge in [0.1, 0.15) is 0 Å². The van der Waals surface area contributed by atoms with Crippen molar-refractivity contribution in [3.05, 3.63) is 63.2 Å². The zero-order valence-electron chi connectivity index (χ0n) is 16.3. The monoisotopic (exact) mass is 411 g/mol. The molecule has 0 saturated heterocycles. The third kappa shape index (κ3) is 3.70. The van der Waals surface area contributed by atoms with Gasteiger partial charge in [0.25, 0.3) is 11.6 Å². The van der Waals surface area contributed by atoms with Gasteiger partial charge in [-0.3, -0.25) is 14.9 Å². The van der Waals surface area contributed by atoms with Gasteiger partial charge in [-0.15, -0.1) is 0 Å². The molecule has 10 nitrogen and oxygen atoms in total. The number of rotatable bonds is 6. The van der Waals surface area contributed by atoms with Crippen molar-refractivity contribution in [1.29, 1.82) is 0 Å². The SMILES string of the molecule is COc1cc(/C=C2\C(=O)N(c3cccc(C(=O)O)c3)N=C2C)c([N+](=O)[O-])cc1OC. The first-order chi connectivity index (χ1) is 14.3. The minimum atomic E-state index is -1.14. The smallest absolute Gasteiger partial charge is 0.335 e. The van der Waals surface area contributed by atoms with Crippen molar-refractivity contribution >= 4 is 35.0 Å². The van der Waals surface area contributed by atoms with Crippen molar-refractivity contribution in [3.8, 4) is 11.5 Å². The maximum atomic E-state index is 12.9. The summed E-state index contributed by atoms with van der Waals surface area (Å²) in [6.45, 7) is 1.58. The number of ether oxygens (including phenoxy) is 2. The summed E-state index contributed by atoms with van der Waals surface area (Å²) >= 11 is 0. The Bertz CT molecular complexity index is 1120.